The van der Waals surface area contributed by atoms with Gasteiger partial charge in [0.25, 0.3) is 0 Å². The molecule has 340 valence electrons. The van der Waals surface area contributed by atoms with Crippen molar-refractivity contribution in [3.05, 3.63) is 57.6 Å². The fourth-order valence-electron chi connectivity index (χ4n) is 12.7. The van der Waals surface area contributed by atoms with Crippen molar-refractivity contribution in [1.29, 1.82) is 0 Å². The van der Waals surface area contributed by atoms with E-state index in [1.165, 1.54) is 4.09 Å². The van der Waals surface area contributed by atoms with Crippen LogP contribution in [0, 0.1) is 0 Å². The SMILES string of the molecule is CC(C)(C)c1cc(C([Si](C)(C)C)[Si](C)(C)C)[c]([Ge][CH2][Ge][c]2c(C([Si](C)(C)C)[Si](C)(C)C)cc(C(C)(C)C)cc2C([Si](C)(C)C)[Si](C)(C)C)c(C([Si](C)(C)C)[Si](C)(C)C)c1.[Ge]. The van der Waals surface area contributed by atoms with Crippen LogP contribution in [0.5, 0.6) is 0 Å². The van der Waals surface area contributed by atoms with Gasteiger partial charge in [-0.2, -0.15) is 0 Å². The molecule has 0 amide bonds. The van der Waals surface area contributed by atoms with E-state index in [0.717, 1.165) is 20.7 Å². The van der Waals surface area contributed by atoms with Crippen LogP contribution in [-0.4, -0.2) is 113 Å². The normalized spacial score (nSPS) is 14.8. The van der Waals surface area contributed by atoms with Crippen molar-refractivity contribution in [2.24, 2.45) is 0 Å². The minimum atomic E-state index is -1.55. The van der Waals surface area contributed by atoms with Crippen LogP contribution in [0.2, 0.25) is 161 Å². The Balaban J connectivity index is 0.0000180. The summed E-state index contributed by atoms with van der Waals surface area (Å²) < 4.78 is 5.45. The minimum Gasteiger partial charge on any atom is 0 e. The molecule has 0 atom stereocenters. The molecule has 0 saturated carbocycles. The van der Waals surface area contributed by atoms with Gasteiger partial charge in [-0.25, -0.2) is 0 Å². The molecule has 2 aromatic carbocycles. The van der Waals surface area contributed by atoms with E-state index in [-0.39, 0.29) is 59.3 Å². The number of benzene rings is 2. The number of hydrogen-bond acceptors (Lipinski definition) is 0. The van der Waals surface area contributed by atoms with Gasteiger partial charge in [-0.1, -0.05) is 0 Å². The fraction of sp³-hybridized carbons (Fsp3) is 0.755. The molecule has 0 saturated heterocycles. The summed E-state index contributed by atoms with van der Waals surface area (Å²) in [5, 5.41) is 3.12. The molecule has 0 aliphatic carbocycles. The van der Waals surface area contributed by atoms with Gasteiger partial charge in [-0.3, -0.25) is 0 Å². The summed E-state index contributed by atoms with van der Waals surface area (Å²) in [7, 11) is -12.4. The average molecular weight is 1130 g/mol. The van der Waals surface area contributed by atoms with E-state index < -0.39 is 64.6 Å². The summed E-state index contributed by atoms with van der Waals surface area (Å²) in [6, 6.07) is 11.4. The molecule has 8 radical (unpaired) electrons. The summed E-state index contributed by atoms with van der Waals surface area (Å²) in [5.74, 6) is 0. The molecule has 0 nitrogen and oxygen atoms in total. The Hall–Kier alpha value is 1.80. The van der Waals surface area contributed by atoms with Gasteiger partial charge in [0, 0.05) is 17.6 Å². The molecule has 0 unspecified atom stereocenters. The summed E-state index contributed by atoms with van der Waals surface area (Å²) >= 11 is -0.744. The Morgan fingerprint density at radius 3 is 0.600 bits per heavy atom. The van der Waals surface area contributed by atoms with Gasteiger partial charge in [-0.05, 0) is 0 Å². The van der Waals surface area contributed by atoms with Gasteiger partial charge >= 0.3 is 396 Å². The Labute approximate surface area is 409 Å². The van der Waals surface area contributed by atoms with Crippen LogP contribution in [0.3, 0.4) is 0 Å². The maximum absolute atomic E-state index is 2.85. The van der Waals surface area contributed by atoms with Gasteiger partial charge in [-0.15, -0.1) is 0 Å². The third kappa shape index (κ3) is 15.4. The van der Waals surface area contributed by atoms with E-state index in [4.69, 9.17) is 0 Å². The van der Waals surface area contributed by atoms with Crippen LogP contribution in [-0.2, 0) is 10.8 Å². The Bertz CT molecular complexity index is 1460. The van der Waals surface area contributed by atoms with Crippen molar-refractivity contribution in [1.82, 2.24) is 0 Å². The molecular weight excluding hydrogens is 1030 g/mol. The Morgan fingerprint density at radius 1 is 0.333 bits per heavy atom. The molecule has 0 aliphatic rings. The zero-order valence-corrected chi connectivity index (χ0v) is 60.1. The van der Waals surface area contributed by atoms with Crippen molar-refractivity contribution in [2.45, 2.75) is 234 Å². The monoisotopic (exact) mass is 1130 g/mol. The topological polar surface area (TPSA) is 0 Å². The van der Waals surface area contributed by atoms with Crippen molar-refractivity contribution in [3.8, 4) is 0 Å². The number of rotatable bonds is 16. The summed E-state index contributed by atoms with van der Waals surface area (Å²) in [5.41, 5.74) is 11.1. The summed E-state index contributed by atoms with van der Waals surface area (Å²) in [6.07, 6.45) is 0. The first-order chi connectivity index (χ1) is 25.6. The predicted octanol–water partition coefficient (Wildman–Crippen LogP) is 15.0. The minimum absolute atomic E-state index is 0. The molecule has 0 spiro atoms. The van der Waals surface area contributed by atoms with Crippen molar-refractivity contribution < 1.29 is 0 Å². The van der Waals surface area contributed by atoms with Gasteiger partial charge < -0.3 is 0 Å². The van der Waals surface area contributed by atoms with E-state index in [2.05, 4.69) is 223 Å². The van der Waals surface area contributed by atoms with Gasteiger partial charge in [0.1, 0.15) is 0 Å². The van der Waals surface area contributed by atoms with Crippen molar-refractivity contribution >= 4 is 122 Å². The molecular formula is C49H100Ge3Si8. The molecule has 0 aromatic heterocycles. The zero-order valence-electron chi connectivity index (χ0n) is 45.8. The molecule has 60 heavy (non-hydrogen) atoms. The van der Waals surface area contributed by atoms with Crippen LogP contribution in [0.1, 0.15) is 95.6 Å². The first-order valence-corrected chi connectivity index (χ1v) is 57.2. The number of hydrogen-bond donors (Lipinski definition) is 0. The van der Waals surface area contributed by atoms with E-state index in [0.29, 0.717) is 0 Å². The second-order valence-corrected chi connectivity index (χ2v) is 82.7. The first kappa shape index (κ1) is 59.8. The molecule has 2 aromatic rings. The molecule has 0 fully saturated rings. The Morgan fingerprint density at radius 2 is 0.483 bits per heavy atom. The molecule has 11 heteroatoms. The van der Waals surface area contributed by atoms with Crippen molar-refractivity contribution in [2.75, 3.05) is 0 Å². The van der Waals surface area contributed by atoms with Crippen LogP contribution in [0.25, 0.3) is 0 Å². The van der Waals surface area contributed by atoms with Gasteiger partial charge in [0.2, 0.25) is 0 Å². The predicted molar refractivity (Wildman–Crippen MR) is 309 cm³/mol. The second kappa shape index (κ2) is 19.8. The average Bonchev–Trinajstić information content (AvgIpc) is 2.87. The molecule has 2 rings (SSSR count). The largest absolute Gasteiger partial charge is 0 e. The maximum atomic E-state index is 2.85. The van der Waals surface area contributed by atoms with Crippen LogP contribution < -0.4 is 8.79 Å². The molecule has 0 aliphatic heterocycles. The second-order valence-electron chi connectivity index (χ2n) is 29.7. The Kier molecular flexibility index (Phi) is 19.7. The third-order valence-corrected chi connectivity index (χ3v) is 58.5. The molecule has 0 heterocycles. The third-order valence-electron chi connectivity index (χ3n) is 12.8. The standard InChI is InChI=1S/C49H100Ge2Si8.Ge/c1-48(2,3)36-31-38(44(52(7,8)9)53(10,11)12)42(39(32-36)45(54(13,14)15)55(16,17)18)50-35-51-43-40(46(56(19,20)21)57(22,23)24)33-37(49(4,5)6)34-41(43)47(58(25,26)27)59(28,29)30;/h31-34,44-47H,35H2,1-30H3;. The fourth-order valence-corrected chi connectivity index (χ4v) is 75.3. The summed E-state index contributed by atoms with van der Waals surface area (Å²) in [6.45, 7) is 80.3. The van der Waals surface area contributed by atoms with Crippen LogP contribution >= 0.6 is 0 Å². The van der Waals surface area contributed by atoms with Crippen LogP contribution in [0.15, 0.2) is 24.3 Å². The smallest absolute Gasteiger partial charge is 0 e. The van der Waals surface area contributed by atoms with Gasteiger partial charge in [0.15, 0.2) is 0 Å². The van der Waals surface area contributed by atoms with Gasteiger partial charge in [0.05, 0.1) is 0 Å². The van der Waals surface area contributed by atoms with E-state index in [9.17, 15) is 0 Å². The summed E-state index contributed by atoms with van der Waals surface area (Å²) in [4.78, 5) is 0. The molecule has 0 bridgehead atoms. The van der Waals surface area contributed by atoms with Crippen LogP contribution in [0.4, 0.5) is 0 Å². The van der Waals surface area contributed by atoms with Crippen molar-refractivity contribution in [3.63, 3.8) is 0 Å². The van der Waals surface area contributed by atoms with E-state index in [1.54, 1.807) is 11.1 Å². The first-order valence-electron chi connectivity index (χ1n) is 23.5. The van der Waals surface area contributed by atoms with E-state index in [1.807, 2.05) is 31.0 Å². The van der Waals surface area contributed by atoms with E-state index >= 15 is 0 Å². The zero-order chi connectivity index (χ0) is 46.9. The quantitative estimate of drug-likeness (QED) is 0.147. The molecule has 0 N–H and O–H groups in total. The maximum Gasteiger partial charge on any atom is 0 e.